The predicted octanol–water partition coefficient (Wildman–Crippen LogP) is 1.54. The van der Waals surface area contributed by atoms with E-state index >= 15 is 0 Å². The minimum absolute atomic E-state index is 0.322. The molecular formula is C6H7NO2P+. The van der Waals surface area contributed by atoms with Crippen LogP contribution in [0.25, 0.3) is 0 Å². The molecular weight excluding hydrogens is 149 g/mol. The highest BCUT2D eigenvalue weighted by Crippen LogP contribution is 2.01. The van der Waals surface area contributed by atoms with Gasteiger partial charge in [-0.1, -0.05) is 6.07 Å². The van der Waals surface area contributed by atoms with E-state index in [0.29, 0.717) is 6.61 Å². The number of pyridine rings is 1. The van der Waals surface area contributed by atoms with E-state index in [9.17, 15) is 4.57 Å². The summed E-state index contributed by atoms with van der Waals surface area (Å²) in [6.07, 6.45) is 1.67. The standard InChI is InChI=1S/C6H7NO2P/c8-10-9-5-6-3-1-2-4-7-6/h1-4,10H,5H2/q+1. The van der Waals surface area contributed by atoms with Crippen molar-refractivity contribution >= 4 is 8.69 Å². The minimum Gasteiger partial charge on any atom is -0.259 e. The molecule has 0 N–H and O–H groups in total. The minimum atomic E-state index is -0.707. The maximum absolute atomic E-state index is 9.88. The highest BCUT2D eigenvalue weighted by molar-refractivity contribution is 7.17. The van der Waals surface area contributed by atoms with Gasteiger partial charge in [0.05, 0.1) is 5.69 Å². The van der Waals surface area contributed by atoms with E-state index in [1.54, 1.807) is 6.20 Å². The van der Waals surface area contributed by atoms with E-state index in [2.05, 4.69) is 9.51 Å². The second kappa shape index (κ2) is 4.09. The first-order valence-corrected chi connectivity index (χ1v) is 3.64. The highest BCUT2D eigenvalue weighted by Gasteiger charge is 1.94. The molecule has 4 heteroatoms. The van der Waals surface area contributed by atoms with Crippen LogP contribution in [0.4, 0.5) is 0 Å². The van der Waals surface area contributed by atoms with E-state index in [-0.39, 0.29) is 0 Å². The Hall–Kier alpha value is -0.790. The lowest BCUT2D eigenvalue weighted by molar-refractivity contribution is 0.327. The Morgan fingerprint density at radius 1 is 1.60 bits per heavy atom. The van der Waals surface area contributed by atoms with Crippen LogP contribution in [0.3, 0.4) is 0 Å². The lowest BCUT2D eigenvalue weighted by atomic mass is 10.4. The van der Waals surface area contributed by atoms with Gasteiger partial charge in [-0.05, 0) is 16.7 Å². The van der Waals surface area contributed by atoms with E-state index in [0.717, 1.165) is 5.69 Å². The Balaban J connectivity index is 2.50. The molecule has 10 heavy (non-hydrogen) atoms. The molecule has 0 aliphatic rings. The fourth-order valence-corrected chi connectivity index (χ4v) is 0.794. The van der Waals surface area contributed by atoms with Crippen LogP contribution in [0.2, 0.25) is 0 Å². The summed E-state index contributed by atoms with van der Waals surface area (Å²) in [5, 5.41) is 0. The molecule has 1 heterocycles. The summed E-state index contributed by atoms with van der Waals surface area (Å²) in [6.45, 7) is 0.322. The van der Waals surface area contributed by atoms with Crippen molar-refractivity contribution in [2.75, 3.05) is 0 Å². The van der Waals surface area contributed by atoms with Crippen molar-refractivity contribution in [3.8, 4) is 0 Å². The maximum atomic E-state index is 9.88. The van der Waals surface area contributed by atoms with Crippen LogP contribution in [-0.4, -0.2) is 4.98 Å². The molecule has 0 saturated carbocycles. The number of nitrogens with zero attached hydrogens (tertiary/aromatic N) is 1. The van der Waals surface area contributed by atoms with Crippen LogP contribution in [0.5, 0.6) is 0 Å². The summed E-state index contributed by atoms with van der Waals surface area (Å²) in [7, 11) is -0.707. The summed E-state index contributed by atoms with van der Waals surface area (Å²) in [6, 6.07) is 5.50. The lowest BCUT2D eigenvalue weighted by Gasteiger charge is -1.89. The van der Waals surface area contributed by atoms with Crippen LogP contribution >= 0.6 is 8.69 Å². The molecule has 0 spiro atoms. The Bertz CT molecular complexity index is 202. The Morgan fingerprint density at radius 2 is 2.50 bits per heavy atom. The van der Waals surface area contributed by atoms with E-state index in [4.69, 9.17) is 0 Å². The first kappa shape index (κ1) is 7.32. The van der Waals surface area contributed by atoms with Gasteiger partial charge < -0.3 is 0 Å². The van der Waals surface area contributed by atoms with Crippen LogP contribution in [0.15, 0.2) is 24.4 Å². The molecule has 3 nitrogen and oxygen atoms in total. The number of hydrogen-bond donors (Lipinski definition) is 0. The van der Waals surface area contributed by atoms with Crippen molar-refractivity contribution < 1.29 is 9.09 Å². The molecule has 0 bridgehead atoms. The Labute approximate surface area is 60.3 Å². The normalized spacial score (nSPS) is 10.0. The Morgan fingerprint density at radius 3 is 3.10 bits per heavy atom. The zero-order chi connectivity index (χ0) is 7.23. The van der Waals surface area contributed by atoms with E-state index < -0.39 is 8.69 Å². The largest absolute Gasteiger partial charge is 0.494 e. The predicted molar refractivity (Wildman–Crippen MR) is 38.0 cm³/mol. The summed E-state index contributed by atoms with van der Waals surface area (Å²) < 4.78 is 14.5. The molecule has 1 aromatic rings. The number of hydrogen-bond acceptors (Lipinski definition) is 3. The molecule has 0 aromatic carbocycles. The van der Waals surface area contributed by atoms with Crippen LogP contribution in [0, 0.1) is 0 Å². The summed E-state index contributed by atoms with van der Waals surface area (Å²) >= 11 is 0. The first-order chi connectivity index (χ1) is 4.93. The zero-order valence-corrected chi connectivity index (χ0v) is 6.28. The van der Waals surface area contributed by atoms with Crippen molar-refractivity contribution in [1.82, 2.24) is 4.98 Å². The second-order valence-corrected chi connectivity index (χ2v) is 2.15. The molecule has 0 aliphatic carbocycles. The number of rotatable bonds is 3. The fourth-order valence-electron chi connectivity index (χ4n) is 0.587. The van der Waals surface area contributed by atoms with Crippen LogP contribution in [-0.2, 0) is 15.7 Å². The fraction of sp³-hybridized carbons (Fsp3) is 0.167. The van der Waals surface area contributed by atoms with E-state index in [1.807, 2.05) is 18.2 Å². The van der Waals surface area contributed by atoms with Crippen molar-refractivity contribution in [2.24, 2.45) is 0 Å². The van der Waals surface area contributed by atoms with Gasteiger partial charge in [0.1, 0.15) is 6.61 Å². The molecule has 0 fully saturated rings. The molecule has 1 unspecified atom stereocenters. The third-order valence-corrected chi connectivity index (χ3v) is 1.27. The monoisotopic (exact) mass is 156 g/mol. The van der Waals surface area contributed by atoms with Gasteiger partial charge in [-0.25, -0.2) is 0 Å². The smallest absolute Gasteiger partial charge is 0.259 e. The van der Waals surface area contributed by atoms with Gasteiger partial charge in [-0.2, -0.15) is 0 Å². The lowest BCUT2D eigenvalue weighted by Crippen LogP contribution is -1.86. The molecule has 0 saturated heterocycles. The third kappa shape index (κ3) is 2.21. The zero-order valence-electron chi connectivity index (χ0n) is 5.28. The molecule has 1 rings (SSSR count). The van der Waals surface area contributed by atoms with Crippen molar-refractivity contribution in [1.29, 1.82) is 0 Å². The summed E-state index contributed by atoms with van der Waals surface area (Å²) in [5.74, 6) is 0. The van der Waals surface area contributed by atoms with Gasteiger partial charge in [0.15, 0.2) is 0 Å². The molecule has 0 amide bonds. The van der Waals surface area contributed by atoms with Crippen molar-refractivity contribution in [2.45, 2.75) is 6.61 Å². The molecule has 0 radical (unpaired) electrons. The molecule has 1 aromatic heterocycles. The quantitative estimate of drug-likeness (QED) is 0.623. The van der Waals surface area contributed by atoms with Crippen molar-refractivity contribution in [3.05, 3.63) is 30.1 Å². The van der Waals surface area contributed by atoms with Crippen molar-refractivity contribution in [3.63, 3.8) is 0 Å². The van der Waals surface area contributed by atoms with Gasteiger partial charge >= 0.3 is 8.69 Å². The van der Waals surface area contributed by atoms with Gasteiger partial charge in [0.2, 0.25) is 0 Å². The molecule has 1 atom stereocenters. The molecule has 0 aliphatic heterocycles. The maximum Gasteiger partial charge on any atom is 0.494 e. The van der Waals surface area contributed by atoms with Crippen LogP contribution < -0.4 is 0 Å². The summed E-state index contributed by atoms with van der Waals surface area (Å²) in [4.78, 5) is 3.96. The molecule has 52 valence electrons. The average molecular weight is 156 g/mol. The van der Waals surface area contributed by atoms with Crippen LogP contribution in [0.1, 0.15) is 5.69 Å². The third-order valence-electron chi connectivity index (χ3n) is 1.01. The summed E-state index contributed by atoms with van der Waals surface area (Å²) in [5.41, 5.74) is 0.797. The Kier molecular flexibility index (Phi) is 3.00. The van der Waals surface area contributed by atoms with E-state index in [1.165, 1.54) is 0 Å². The second-order valence-electron chi connectivity index (χ2n) is 1.69. The number of aromatic nitrogens is 1. The topological polar surface area (TPSA) is 39.2 Å². The average Bonchev–Trinajstić information content (AvgIpc) is 2.03. The highest BCUT2D eigenvalue weighted by atomic mass is 31.1. The van der Waals surface area contributed by atoms with Gasteiger partial charge in [-0.15, -0.1) is 4.52 Å². The first-order valence-electron chi connectivity index (χ1n) is 2.82. The van der Waals surface area contributed by atoms with Gasteiger partial charge in [0, 0.05) is 6.20 Å². The van der Waals surface area contributed by atoms with Gasteiger partial charge in [0.25, 0.3) is 0 Å². The van der Waals surface area contributed by atoms with Gasteiger partial charge in [-0.3, -0.25) is 4.98 Å². The SMILES string of the molecule is O=[PH+]OCc1ccccn1.